The normalized spacial score (nSPS) is 24.2. The molecule has 0 radical (unpaired) electrons. The van der Waals surface area contributed by atoms with Gasteiger partial charge >= 0.3 is 0 Å². The minimum absolute atomic E-state index is 0.102. The summed E-state index contributed by atoms with van der Waals surface area (Å²) < 4.78 is 0. The third kappa shape index (κ3) is 3.55. The van der Waals surface area contributed by atoms with Gasteiger partial charge in [-0.05, 0) is 43.4 Å². The molecule has 3 heteroatoms. The molecule has 0 atom stereocenters. The standard InChI is InChI=1S/C14H18N2O/c15-9-11-2-1-3-12(8-11)10-16-13-4-6-14(17)7-5-13/h1-3,8,13-14,16-17H,4-7,10H2. The quantitative estimate of drug-likeness (QED) is 0.834. The number of hydrogen-bond acceptors (Lipinski definition) is 3. The zero-order chi connectivity index (χ0) is 12.1. The molecule has 1 aliphatic rings. The van der Waals surface area contributed by atoms with Crippen molar-refractivity contribution >= 4 is 0 Å². The zero-order valence-corrected chi connectivity index (χ0v) is 9.89. The molecule has 0 heterocycles. The van der Waals surface area contributed by atoms with Crippen molar-refractivity contribution in [3.05, 3.63) is 35.4 Å². The molecule has 1 fully saturated rings. The Balaban J connectivity index is 1.83. The summed E-state index contributed by atoms with van der Waals surface area (Å²) in [5.74, 6) is 0. The van der Waals surface area contributed by atoms with E-state index in [-0.39, 0.29) is 6.10 Å². The van der Waals surface area contributed by atoms with E-state index in [1.807, 2.05) is 24.3 Å². The summed E-state index contributed by atoms with van der Waals surface area (Å²) in [4.78, 5) is 0. The highest BCUT2D eigenvalue weighted by Gasteiger charge is 2.18. The fourth-order valence-electron chi connectivity index (χ4n) is 2.29. The highest BCUT2D eigenvalue weighted by Crippen LogP contribution is 2.18. The summed E-state index contributed by atoms with van der Waals surface area (Å²) in [5, 5.41) is 21.7. The molecule has 17 heavy (non-hydrogen) atoms. The van der Waals surface area contributed by atoms with Gasteiger partial charge in [-0.2, -0.15) is 5.26 Å². The minimum Gasteiger partial charge on any atom is -0.393 e. The average Bonchev–Trinajstić information content (AvgIpc) is 2.38. The predicted molar refractivity (Wildman–Crippen MR) is 66.3 cm³/mol. The van der Waals surface area contributed by atoms with Gasteiger partial charge in [-0.15, -0.1) is 0 Å². The first-order valence-corrected chi connectivity index (χ1v) is 6.18. The Bertz CT molecular complexity index is 403. The molecule has 90 valence electrons. The maximum atomic E-state index is 9.42. The first-order valence-electron chi connectivity index (χ1n) is 6.18. The van der Waals surface area contributed by atoms with Gasteiger partial charge in [-0.25, -0.2) is 0 Å². The van der Waals surface area contributed by atoms with Crippen LogP contribution in [0.15, 0.2) is 24.3 Å². The molecule has 0 aliphatic heterocycles. The average molecular weight is 230 g/mol. The number of hydrogen-bond donors (Lipinski definition) is 2. The Hall–Kier alpha value is -1.37. The number of nitriles is 1. The second-order valence-corrected chi connectivity index (χ2v) is 4.70. The van der Waals surface area contributed by atoms with Crippen LogP contribution in [0, 0.1) is 11.3 Å². The summed E-state index contributed by atoms with van der Waals surface area (Å²) in [7, 11) is 0. The van der Waals surface area contributed by atoms with Gasteiger partial charge in [0.15, 0.2) is 0 Å². The van der Waals surface area contributed by atoms with Crippen LogP contribution < -0.4 is 5.32 Å². The van der Waals surface area contributed by atoms with E-state index in [9.17, 15) is 5.11 Å². The highest BCUT2D eigenvalue weighted by molar-refractivity contribution is 5.32. The summed E-state index contributed by atoms with van der Waals surface area (Å²) in [5.41, 5.74) is 1.86. The monoisotopic (exact) mass is 230 g/mol. The van der Waals surface area contributed by atoms with Crippen LogP contribution >= 0.6 is 0 Å². The van der Waals surface area contributed by atoms with Crippen LogP contribution in [0.2, 0.25) is 0 Å². The van der Waals surface area contributed by atoms with E-state index in [4.69, 9.17) is 5.26 Å². The zero-order valence-electron chi connectivity index (χ0n) is 9.89. The molecule has 0 saturated heterocycles. The van der Waals surface area contributed by atoms with Crippen molar-refractivity contribution < 1.29 is 5.11 Å². The van der Waals surface area contributed by atoms with E-state index in [1.165, 1.54) is 0 Å². The van der Waals surface area contributed by atoms with Crippen LogP contribution in [0.3, 0.4) is 0 Å². The van der Waals surface area contributed by atoms with Crippen molar-refractivity contribution in [3.63, 3.8) is 0 Å². The number of benzene rings is 1. The third-order valence-electron chi connectivity index (χ3n) is 3.35. The Morgan fingerprint density at radius 3 is 2.76 bits per heavy atom. The molecule has 2 rings (SSSR count). The highest BCUT2D eigenvalue weighted by atomic mass is 16.3. The Kier molecular flexibility index (Phi) is 4.13. The van der Waals surface area contributed by atoms with Gasteiger partial charge in [0.1, 0.15) is 0 Å². The second kappa shape index (κ2) is 5.81. The van der Waals surface area contributed by atoms with Gasteiger partial charge in [-0.1, -0.05) is 12.1 Å². The molecule has 1 aromatic rings. The van der Waals surface area contributed by atoms with Crippen LogP contribution in [-0.4, -0.2) is 17.3 Å². The van der Waals surface area contributed by atoms with E-state index in [0.717, 1.165) is 37.8 Å². The summed E-state index contributed by atoms with van der Waals surface area (Å²) >= 11 is 0. The molecule has 2 N–H and O–H groups in total. The molecule has 0 amide bonds. The van der Waals surface area contributed by atoms with Crippen LogP contribution in [-0.2, 0) is 6.54 Å². The summed E-state index contributed by atoms with van der Waals surface area (Å²) in [6.07, 6.45) is 3.78. The lowest BCUT2D eigenvalue weighted by Crippen LogP contribution is -2.34. The van der Waals surface area contributed by atoms with Crippen molar-refractivity contribution in [2.24, 2.45) is 0 Å². The van der Waals surface area contributed by atoms with Gasteiger partial charge in [0, 0.05) is 12.6 Å². The number of nitrogens with one attached hydrogen (secondary N) is 1. The first-order chi connectivity index (χ1) is 8.28. The lowest BCUT2D eigenvalue weighted by atomic mass is 9.93. The molecular weight excluding hydrogens is 212 g/mol. The molecule has 3 nitrogen and oxygen atoms in total. The fraction of sp³-hybridized carbons (Fsp3) is 0.500. The second-order valence-electron chi connectivity index (χ2n) is 4.70. The van der Waals surface area contributed by atoms with Gasteiger partial charge in [0.05, 0.1) is 17.7 Å². The van der Waals surface area contributed by atoms with Crippen molar-refractivity contribution in [2.75, 3.05) is 0 Å². The van der Waals surface area contributed by atoms with Crippen LogP contribution in [0.25, 0.3) is 0 Å². The molecule has 1 saturated carbocycles. The van der Waals surface area contributed by atoms with Crippen molar-refractivity contribution in [3.8, 4) is 6.07 Å². The SMILES string of the molecule is N#Cc1cccc(CNC2CCC(O)CC2)c1. The van der Waals surface area contributed by atoms with Gasteiger partial charge in [0.25, 0.3) is 0 Å². The molecule has 1 aliphatic carbocycles. The van der Waals surface area contributed by atoms with E-state index < -0.39 is 0 Å². The van der Waals surface area contributed by atoms with Gasteiger partial charge in [-0.3, -0.25) is 0 Å². The molecular formula is C14H18N2O. The Labute approximate surface area is 102 Å². The fourth-order valence-corrected chi connectivity index (χ4v) is 2.29. The molecule has 0 unspecified atom stereocenters. The van der Waals surface area contributed by atoms with Crippen molar-refractivity contribution in [1.82, 2.24) is 5.32 Å². The number of rotatable bonds is 3. The maximum absolute atomic E-state index is 9.42. The third-order valence-corrected chi connectivity index (χ3v) is 3.35. The molecule has 0 bridgehead atoms. The van der Waals surface area contributed by atoms with Crippen molar-refractivity contribution in [2.45, 2.75) is 44.4 Å². The number of aliphatic hydroxyl groups excluding tert-OH is 1. The maximum Gasteiger partial charge on any atom is 0.0991 e. The van der Waals surface area contributed by atoms with Crippen LogP contribution in [0.5, 0.6) is 0 Å². The lowest BCUT2D eigenvalue weighted by Gasteiger charge is -2.26. The summed E-state index contributed by atoms with van der Waals surface area (Å²) in [6, 6.07) is 10.3. The first kappa shape index (κ1) is 12.1. The Morgan fingerprint density at radius 1 is 1.29 bits per heavy atom. The van der Waals surface area contributed by atoms with E-state index in [2.05, 4.69) is 11.4 Å². The van der Waals surface area contributed by atoms with Gasteiger partial charge in [0.2, 0.25) is 0 Å². The number of aliphatic hydroxyl groups is 1. The minimum atomic E-state index is -0.102. The van der Waals surface area contributed by atoms with E-state index in [1.54, 1.807) is 0 Å². The Morgan fingerprint density at radius 2 is 2.06 bits per heavy atom. The largest absolute Gasteiger partial charge is 0.393 e. The molecule has 1 aromatic carbocycles. The lowest BCUT2D eigenvalue weighted by molar-refractivity contribution is 0.116. The van der Waals surface area contributed by atoms with E-state index in [0.29, 0.717) is 11.6 Å². The number of nitrogens with zero attached hydrogens (tertiary/aromatic N) is 1. The molecule has 0 aromatic heterocycles. The smallest absolute Gasteiger partial charge is 0.0991 e. The van der Waals surface area contributed by atoms with Crippen LogP contribution in [0.4, 0.5) is 0 Å². The predicted octanol–water partition coefficient (Wildman–Crippen LogP) is 1.95. The molecule has 0 spiro atoms. The topological polar surface area (TPSA) is 56.0 Å². The van der Waals surface area contributed by atoms with Gasteiger partial charge < -0.3 is 10.4 Å². The van der Waals surface area contributed by atoms with Crippen LogP contribution in [0.1, 0.15) is 36.8 Å². The van der Waals surface area contributed by atoms with E-state index >= 15 is 0 Å². The van der Waals surface area contributed by atoms with Crippen molar-refractivity contribution in [1.29, 1.82) is 5.26 Å². The summed E-state index contributed by atoms with van der Waals surface area (Å²) in [6.45, 7) is 0.802.